The number of hydrogen-bond acceptors (Lipinski definition) is 5. The van der Waals surface area contributed by atoms with Gasteiger partial charge in [-0.3, -0.25) is 0 Å². The minimum Gasteiger partial charge on any atom is -0.384 e. The van der Waals surface area contributed by atoms with E-state index in [0.717, 1.165) is 11.1 Å². The Kier molecular flexibility index (Phi) is 5.11. The Bertz CT molecular complexity index is 1640. The van der Waals surface area contributed by atoms with Crippen molar-refractivity contribution in [2.75, 3.05) is 5.73 Å². The molecule has 2 heterocycles. The van der Waals surface area contributed by atoms with Gasteiger partial charge in [-0.2, -0.15) is 0 Å². The number of benzene rings is 3. The van der Waals surface area contributed by atoms with Crippen LogP contribution in [0.15, 0.2) is 76.5 Å². The maximum absolute atomic E-state index is 13.9. The molecular weight excluding hydrogens is 456 g/mol. The first kappa shape index (κ1) is 21.4. The third-order valence-electron chi connectivity index (χ3n) is 5.70. The van der Waals surface area contributed by atoms with Crippen molar-refractivity contribution in [3.63, 3.8) is 0 Å². The zero-order chi connectivity index (χ0) is 23.3. The number of rotatable bonds is 4. The molecule has 0 spiro atoms. The molecule has 0 unspecified atom stereocenters. The predicted octanol–water partition coefficient (Wildman–Crippen LogP) is 5.32. The highest BCUT2D eigenvalue weighted by molar-refractivity contribution is 7.92. The molecule has 5 rings (SSSR count). The lowest BCUT2D eigenvalue weighted by Crippen LogP contribution is -2.10. The molecular formula is C25H21ClN4O2S. The monoisotopic (exact) mass is 476 g/mol. The summed E-state index contributed by atoms with van der Waals surface area (Å²) in [5.41, 5.74) is 10.9. The molecule has 0 aliphatic heterocycles. The van der Waals surface area contributed by atoms with E-state index in [1.54, 1.807) is 35.8 Å². The maximum Gasteiger partial charge on any atom is 0.212 e. The van der Waals surface area contributed by atoms with Gasteiger partial charge in [0.05, 0.1) is 22.5 Å². The normalized spacial score (nSPS) is 12.0. The number of aryl methyl sites for hydroxylation is 2. The van der Waals surface area contributed by atoms with E-state index in [2.05, 4.69) is 0 Å². The van der Waals surface area contributed by atoms with Crippen LogP contribution >= 0.6 is 11.6 Å². The number of para-hydroxylation sites is 2. The predicted molar refractivity (Wildman–Crippen MR) is 131 cm³/mol. The van der Waals surface area contributed by atoms with Crippen molar-refractivity contribution >= 4 is 49.5 Å². The number of sulfone groups is 1. The highest BCUT2D eigenvalue weighted by atomic mass is 35.5. The largest absolute Gasteiger partial charge is 0.384 e. The van der Waals surface area contributed by atoms with E-state index in [0.29, 0.717) is 33.8 Å². The molecule has 3 aromatic carbocycles. The van der Waals surface area contributed by atoms with Crippen LogP contribution in [0.1, 0.15) is 16.7 Å². The van der Waals surface area contributed by atoms with Crippen LogP contribution in [0, 0.1) is 13.8 Å². The van der Waals surface area contributed by atoms with Gasteiger partial charge in [0.1, 0.15) is 16.2 Å². The molecule has 0 bridgehead atoms. The quantitative estimate of drug-likeness (QED) is 0.379. The number of anilines is 1. The number of hydrogen-bond donors (Lipinski definition) is 1. The first-order valence-corrected chi connectivity index (χ1v) is 12.2. The van der Waals surface area contributed by atoms with E-state index in [9.17, 15) is 8.42 Å². The minimum absolute atomic E-state index is 0.0154. The SMILES string of the molecule is Cc1ccc(C)c(S(=O)(=O)c2c(N)n(Cc3ccc(Cl)cc3)c3nc4ccccc4nc23)c1. The Balaban J connectivity index is 1.83. The first-order valence-electron chi connectivity index (χ1n) is 10.4. The van der Waals surface area contributed by atoms with Gasteiger partial charge in [-0.1, -0.05) is 48.0 Å². The molecule has 8 heteroatoms. The number of halogens is 1. The Morgan fingerprint density at radius 1 is 0.939 bits per heavy atom. The van der Waals surface area contributed by atoms with Crippen LogP contribution in [0.25, 0.3) is 22.2 Å². The molecule has 2 N–H and O–H groups in total. The second-order valence-corrected chi connectivity index (χ2v) is 10.4. The number of nitrogens with zero attached hydrogens (tertiary/aromatic N) is 3. The summed E-state index contributed by atoms with van der Waals surface area (Å²) in [5.74, 6) is 0.108. The van der Waals surface area contributed by atoms with Crippen molar-refractivity contribution in [3.05, 3.63) is 88.4 Å². The maximum atomic E-state index is 13.9. The van der Waals surface area contributed by atoms with E-state index in [4.69, 9.17) is 27.3 Å². The zero-order valence-corrected chi connectivity index (χ0v) is 19.7. The van der Waals surface area contributed by atoms with Crippen LogP contribution < -0.4 is 5.73 Å². The second-order valence-electron chi connectivity index (χ2n) is 8.08. The molecule has 0 saturated heterocycles. The molecule has 0 aliphatic carbocycles. The summed E-state index contributed by atoms with van der Waals surface area (Å²) >= 11 is 6.03. The van der Waals surface area contributed by atoms with E-state index < -0.39 is 9.84 Å². The summed E-state index contributed by atoms with van der Waals surface area (Å²) in [7, 11) is -3.97. The van der Waals surface area contributed by atoms with Crippen LogP contribution in [0.2, 0.25) is 5.02 Å². The molecule has 0 aliphatic rings. The molecule has 6 nitrogen and oxygen atoms in total. The molecule has 0 radical (unpaired) electrons. The molecule has 0 saturated carbocycles. The van der Waals surface area contributed by atoms with E-state index in [1.807, 2.05) is 49.4 Å². The average Bonchev–Trinajstić information content (AvgIpc) is 3.06. The van der Waals surface area contributed by atoms with Gasteiger partial charge in [0.15, 0.2) is 5.65 Å². The lowest BCUT2D eigenvalue weighted by atomic mass is 10.2. The number of nitrogens with two attached hydrogens (primary N) is 1. The van der Waals surface area contributed by atoms with Gasteiger partial charge < -0.3 is 10.3 Å². The lowest BCUT2D eigenvalue weighted by Gasteiger charge is -2.10. The van der Waals surface area contributed by atoms with Crippen LogP contribution in [-0.2, 0) is 16.4 Å². The first-order chi connectivity index (χ1) is 15.8. The molecule has 5 aromatic rings. The van der Waals surface area contributed by atoms with E-state index >= 15 is 0 Å². The van der Waals surface area contributed by atoms with Gasteiger partial charge in [-0.05, 0) is 60.9 Å². The third kappa shape index (κ3) is 3.63. The summed E-state index contributed by atoms with van der Waals surface area (Å²) in [6.45, 7) is 3.96. The summed E-state index contributed by atoms with van der Waals surface area (Å²) in [6, 6.07) is 20.0. The summed E-state index contributed by atoms with van der Waals surface area (Å²) < 4.78 is 29.5. The summed E-state index contributed by atoms with van der Waals surface area (Å²) in [6.07, 6.45) is 0. The third-order valence-corrected chi connectivity index (χ3v) is 7.91. The Hall–Kier alpha value is -3.42. The topological polar surface area (TPSA) is 90.9 Å². The van der Waals surface area contributed by atoms with E-state index in [-0.39, 0.29) is 21.1 Å². The van der Waals surface area contributed by atoms with Gasteiger partial charge in [0.25, 0.3) is 0 Å². The highest BCUT2D eigenvalue weighted by Crippen LogP contribution is 2.37. The number of fused-ring (bicyclic) bond motifs is 2. The van der Waals surface area contributed by atoms with Crippen LogP contribution in [0.4, 0.5) is 5.82 Å². The molecule has 2 aromatic heterocycles. The van der Waals surface area contributed by atoms with Gasteiger partial charge in [0, 0.05) is 5.02 Å². The standard InChI is InChI=1S/C25H21ClN4O2S/c1-15-7-8-16(2)21(13-15)33(31,32)23-22-25(29-20-6-4-3-5-19(20)28-22)30(24(23)27)14-17-9-11-18(26)12-10-17/h3-13H,14,27H2,1-2H3. The highest BCUT2D eigenvalue weighted by Gasteiger charge is 2.31. The zero-order valence-electron chi connectivity index (χ0n) is 18.1. The van der Waals surface area contributed by atoms with Crippen molar-refractivity contribution in [3.8, 4) is 0 Å². The van der Waals surface area contributed by atoms with Crippen LogP contribution in [0.5, 0.6) is 0 Å². The summed E-state index contributed by atoms with van der Waals surface area (Å²) in [4.78, 5) is 9.65. The molecule has 166 valence electrons. The number of aromatic nitrogens is 3. The molecule has 0 fully saturated rings. The Labute approximate surface area is 196 Å². The fourth-order valence-electron chi connectivity index (χ4n) is 3.99. The van der Waals surface area contributed by atoms with Gasteiger partial charge >= 0.3 is 0 Å². The Morgan fingerprint density at radius 3 is 2.30 bits per heavy atom. The van der Waals surface area contributed by atoms with E-state index in [1.165, 1.54) is 0 Å². The van der Waals surface area contributed by atoms with Crippen LogP contribution in [0.3, 0.4) is 0 Å². The lowest BCUT2D eigenvalue weighted by molar-refractivity contribution is 0.596. The Morgan fingerprint density at radius 2 is 1.61 bits per heavy atom. The van der Waals surface area contributed by atoms with Crippen molar-refractivity contribution in [1.82, 2.24) is 14.5 Å². The van der Waals surface area contributed by atoms with Crippen molar-refractivity contribution < 1.29 is 8.42 Å². The van der Waals surface area contributed by atoms with Gasteiger partial charge in [-0.25, -0.2) is 18.4 Å². The molecule has 0 atom stereocenters. The van der Waals surface area contributed by atoms with Crippen molar-refractivity contribution in [2.45, 2.75) is 30.2 Å². The van der Waals surface area contributed by atoms with Crippen molar-refractivity contribution in [2.24, 2.45) is 0 Å². The van der Waals surface area contributed by atoms with Crippen LogP contribution in [-0.4, -0.2) is 23.0 Å². The fraction of sp³-hybridized carbons (Fsp3) is 0.120. The van der Waals surface area contributed by atoms with Gasteiger partial charge in [0.2, 0.25) is 9.84 Å². The molecule has 33 heavy (non-hydrogen) atoms. The minimum atomic E-state index is -3.97. The second kappa shape index (κ2) is 7.86. The fourth-order valence-corrected chi connectivity index (χ4v) is 5.95. The smallest absolute Gasteiger partial charge is 0.212 e. The van der Waals surface area contributed by atoms with Gasteiger partial charge in [-0.15, -0.1) is 0 Å². The number of nitrogen functional groups attached to an aromatic ring is 1. The molecule has 0 amide bonds. The average molecular weight is 477 g/mol. The van der Waals surface area contributed by atoms with Crippen molar-refractivity contribution in [1.29, 1.82) is 0 Å². The summed E-state index contributed by atoms with van der Waals surface area (Å²) in [5, 5.41) is 0.619.